The van der Waals surface area contributed by atoms with Crippen LogP contribution in [0.15, 0.2) is 24.5 Å². The minimum absolute atomic E-state index is 0.0263. The average Bonchev–Trinajstić information content (AvgIpc) is 2.27. The monoisotopic (exact) mass is 207 g/mol. The molecule has 1 aromatic heterocycles. The predicted molar refractivity (Wildman–Crippen MR) is 59.3 cm³/mol. The fourth-order valence-corrected chi connectivity index (χ4v) is 1.28. The highest BCUT2D eigenvalue weighted by atomic mass is 16.1. The molecule has 0 unspecified atom stereocenters. The third kappa shape index (κ3) is 4.08. The van der Waals surface area contributed by atoms with Crippen molar-refractivity contribution in [3.8, 4) is 0 Å². The summed E-state index contributed by atoms with van der Waals surface area (Å²) in [6, 6.07) is 4.04. The molecule has 0 radical (unpaired) electrons. The van der Waals surface area contributed by atoms with Crippen molar-refractivity contribution in [3.05, 3.63) is 30.1 Å². The van der Waals surface area contributed by atoms with Gasteiger partial charge < -0.3 is 10.6 Å². The van der Waals surface area contributed by atoms with Gasteiger partial charge in [0, 0.05) is 25.0 Å². The van der Waals surface area contributed by atoms with Gasteiger partial charge in [-0.15, -0.1) is 0 Å². The summed E-state index contributed by atoms with van der Waals surface area (Å²) >= 11 is 0. The third-order valence-electron chi connectivity index (χ3n) is 2.15. The van der Waals surface area contributed by atoms with Gasteiger partial charge in [-0.25, -0.2) is 0 Å². The normalized spacial score (nSPS) is 12.1. The van der Waals surface area contributed by atoms with Crippen molar-refractivity contribution >= 4 is 5.91 Å². The topological polar surface area (TPSA) is 54.0 Å². The van der Waals surface area contributed by atoms with Crippen LogP contribution >= 0.6 is 0 Å². The highest BCUT2D eigenvalue weighted by molar-refractivity contribution is 5.77. The summed E-state index contributed by atoms with van der Waals surface area (Å²) in [5.41, 5.74) is 1.13. The van der Waals surface area contributed by atoms with E-state index in [0.717, 1.165) is 5.56 Å². The van der Waals surface area contributed by atoms with Gasteiger partial charge in [-0.05, 0) is 31.5 Å². The highest BCUT2D eigenvalue weighted by Gasteiger charge is 2.05. The Bertz CT molecular complexity index is 300. The van der Waals surface area contributed by atoms with Gasteiger partial charge in [0.2, 0.25) is 5.91 Å². The molecule has 1 aromatic rings. The van der Waals surface area contributed by atoms with Crippen LogP contribution in [-0.2, 0) is 4.79 Å². The molecule has 0 fully saturated rings. The zero-order chi connectivity index (χ0) is 11.1. The van der Waals surface area contributed by atoms with Crippen LogP contribution in [0.5, 0.6) is 0 Å². The SMILES string of the molecule is CCNC(=O)CN[C@@H](C)c1ccncc1. The van der Waals surface area contributed by atoms with Crippen LogP contribution < -0.4 is 10.6 Å². The van der Waals surface area contributed by atoms with Gasteiger partial charge in [-0.1, -0.05) is 0 Å². The van der Waals surface area contributed by atoms with E-state index in [-0.39, 0.29) is 11.9 Å². The number of nitrogens with zero attached hydrogens (tertiary/aromatic N) is 1. The van der Waals surface area contributed by atoms with E-state index in [1.807, 2.05) is 26.0 Å². The Hall–Kier alpha value is -1.42. The lowest BCUT2D eigenvalue weighted by atomic mass is 10.1. The van der Waals surface area contributed by atoms with E-state index >= 15 is 0 Å². The minimum atomic E-state index is 0.0263. The van der Waals surface area contributed by atoms with Crippen molar-refractivity contribution in [2.45, 2.75) is 19.9 Å². The molecule has 1 amide bonds. The predicted octanol–water partition coefficient (Wildman–Crippen LogP) is 0.868. The smallest absolute Gasteiger partial charge is 0.233 e. The van der Waals surface area contributed by atoms with Crippen LogP contribution in [-0.4, -0.2) is 24.0 Å². The highest BCUT2D eigenvalue weighted by Crippen LogP contribution is 2.08. The van der Waals surface area contributed by atoms with Crippen LogP contribution in [0.1, 0.15) is 25.5 Å². The van der Waals surface area contributed by atoms with Gasteiger partial charge in [0.05, 0.1) is 6.54 Å². The summed E-state index contributed by atoms with van der Waals surface area (Å²) in [5, 5.41) is 5.88. The molecule has 0 aliphatic heterocycles. The Balaban J connectivity index is 2.37. The molecular weight excluding hydrogens is 190 g/mol. The maximum Gasteiger partial charge on any atom is 0.233 e. The first-order chi connectivity index (χ1) is 7.24. The molecule has 1 rings (SSSR count). The van der Waals surface area contributed by atoms with E-state index in [2.05, 4.69) is 15.6 Å². The Kier molecular flexibility index (Phi) is 4.77. The van der Waals surface area contributed by atoms with Crippen molar-refractivity contribution in [2.24, 2.45) is 0 Å². The summed E-state index contributed by atoms with van der Waals surface area (Å²) in [4.78, 5) is 15.1. The Labute approximate surface area is 90.1 Å². The Morgan fingerprint density at radius 3 is 2.73 bits per heavy atom. The quantitative estimate of drug-likeness (QED) is 0.753. The lowest BCUT2D eigenvalue weighted by Crippen LogP contribution is -2.34. The van der Waals surface area contributed by atoms with Gasteiger partial charge in [0.15, 0.2) is 0 Å². The second-order valence-corrected chi connectivity index (χ2v) is 3.34. The number of carbonyl (C=O) groups is 1. The van der Waals surface area contributed by atoms with Crippen molar-refractivity contribution in [1.29, 1.82) is 0 Å². The van der Waals surface area contributed by atoms with Crippen LogP contribution in [0.25, 0.3) is 0 Å². The first-order valence-corrected chi connectivity index (χ1v) is 5.14. The van der Waals surface area contributed by atoms with E-state index in [1.54, 1.807) is 12.4 Å². The van der Waals surface area contributed by atoms with Gasteiger partial charge >= 0.3 is 0 Å². The van der Waals surface area contributed by atoms with Crippen LogP contribution in [0.4, 0.5) is 0 Å². The number of aromatic nitrogens is 1. The standard InChI is InChI=1S/C11H17N3O/c1-3-13-11(15)8-14-9(2)10-4-6-12-7-5-10/h4-7,9,14H,3,8H2,1-2H3,(H,13,15)/t9-/m0/s1. The number of carbonyl (C=O) groups excluding carboxylic acids is 1. The number of nitrogens with one attached hydrogen (secondary N) is 2. The average molecular weight is 207 g/mol. The fourth-order valence-electron chi connectivity index (χ4n) is 1.28. The maximum absolute atomic E-state index is 11.2. The number of hydrogen-bond acceptors (Lipinski definition) is 3. The largest absolute Gasteiger partial charge is 0.355 e. The summed E-state index contributed by atoms with van der Waals surface area (Å²) in [5.74, 6) is 0.0263. The van der Waals surface area contributed by atoms with Crippen molar-refractivity contribution in [1.82, 2.24) is 15.6 Å². The molecule has 0 aliphatic rings. The summed E-state index contributed by atoms with van der Waals surface area (Å²) < 4.78 is 0. The second-order valence-electron chi connectivity index (χ2n) is 3.34. The van der Waals surface area contributed by atoms with E-state index in [0.29, 0.717) is 13.1 Å². The third-order valence-corrected chi connectivity index (χ3v) is 2.15. The molecule has 0 aliphatic carbocycles. The van der Waals surface area contributed by atoms with Crippen LogP contribution in [0.2, 0.25) is 0 Å². The molecule has 0 bridgehead atoms. The van der Waals surface area contributed by atoms with E-state index in [1.165, 1.54) is 0 Å². The zero-order valence-electron chi connectivity index (χ0n) is 9.16. The number of amides is 1. The lowest BCUT2D eigenvalue weighted by Gasteiger charge is -2.13. The number of hydrogen-bond donors (Lipinski definition) is 2. The molecule has 0 saturated carbocycles. The zero-order valence-corrected chi connectivity index (χ0v) is 9.16. The second kappa shape index (κ2) is 6.14. The molecule has 0 saturated heterocycles. The first kappa shape index (κ1) is 11.7. The molecule has 4 heteroatoms. The number of likely N-dealkylation sites (N-methyl/N-ethyl adjacent to an activating group) is 1. The molecular formula is C11H17N3O. The van der Waals surface area contributed by atoms with Crippen LogP contribution in [0, 0.1) is 0 Å². The van der Waals surface area contributed by atoms with Crippen molar-refractivity contribution in [3.63, 3.8) is 0 Å². The fraction of sp³-hybridized carbons (Fsp3) is 0.455. The Morgan fingerprint density at radius 1 is 1.47 bits per heavy atom. The maximum atomic E-state index is 11.2. The summed E-state index contributed by atoms with van der Waals surface area (Å²) in [6.07, 6.45) is 3.50. The van der Waals surface area contributed by atoms with E-state index in [9.17, 15) is 4.79 Å². The number of rotatable bonds is 5. The van der Waals surface area contributed by atoms with Crippen LogP contribution in [0.3, 0.4) is 0 Å². The molecule has 0 spiro atoms. The van der Waals surface area contributed by atoms with Gasteiger partial charge in [0.25, 0.3) is 0 Å². The molecule has 0 aromatic carbocycles. The first-order valence-electron chi connectivity index (χ1n) is 5.14. The molecule has 1 atom stereocenters. The minimum Gasteiger partial charge on any atom is -0.355 e. The van der Waals surface area contributed by atoms with Gasteiger partial charge in [0.1, 0.15) is 0 Å². The summed E-state index contributed by atoms with van der Waals surface area (Å²) in [7, 11) is 0. The number of pyridine rings is 1. The molecule has 15 heavy (non-hydrogen) atoms. The van der Waals surface area contributed by atoms with E-state index < -0.39 is 0 Å². The Morgan fingerprint density at radius 2 is 2.13 bits per heavy atom. The van der Waals surface area contributed by atoms with Crippen molar-refractivity contribution in [2.75, 3.05) is 13.1 Å². The summed E-state index contributed by atoms with van der Waals surface area (Å²) in [6.45, 7) is 4.94. The van der Waals surface area contributed by atoms with Gasteiger partial charge in [-0.2, -0.15) is 0 Å². The van der Waals surface area contributed by atoms with Crippen molar-refractivity contribution < 1.29 is 4.79 Å². The van der Waals surface area contributed by atoms with E-state index in [4.69, 9.17) is 0 Å². The molecule has 82 valence electrons. The molecule has 1 heterocycles. The molecule has 4 nitrogen and oxygen atoms in total. The van der Waals surface area contributed by atoms with Gasteiger partial charge in [-0.3, -0.25) is 9.78 Å². The lowest BCUT2D eigenvalue weighted by molar-refractivity contribution is -0.120. The molecule has 2 N–H and O–H groups in total.